The summed E-state index contributed by atoms with van der Waals surface area (Å²) in [5.74, 6) is -0.588. The van der Waals surface area contributed by atoms with Gasteiger partial charge in [0.05, 0.1) is 11.1 Å². The molecule has 0 bridgehead atoms. The fourth-order valence-electron chi connectivity index (χ4n) is 1.32. The Bertz CT molecular complexity index is 558. The lowest BCUT2D eigenvalue weighted by atomic mass is 10.1. The van der Waals surface area contributed by atoms with Crippen molar-refractivity contribution in [1.29, 1.82) is 0 Å². The van der Waals surface area contributed by atoms with Gasteiger partial charge in [0.2, 0.25) is 0 Å². The number of thiazole rings is 1. The SMILES string of the molecule is FC(F)(F)c1cc(Oc2n[c]cs2)cc(C(F)(F)F)c1. The zero-order valence-electron chi connectivity index (χ0n) is 9.34. The lowest BCUT2D eigenvalue weighted by molar-refractivity contribution is -0.143. The Kier molecular flexibility index (Phi) is 3.63. The third-order valence-electron chi connectivity index (χ3n) is 2.13. The van der Waals surface area contributed by atoms with Gasteiger partial charge in [0.25, 0.3) is 5.19 Å². The molecule has 0 saturated carbocycles. The Morgan fingerprint density at radius 2 is 1.50 bits per heavy atom. The molecular weight excluding hydrogens is 308 g/mol. The molecule has 1 aromatic heterocycles. The lowest BCUT2D eigenvalue weighted by Crippen LogP contribution is -2.10. The van der Waals surface area contributed by atoms with Crippen molar-refractivity contribution in [1.82, 2.24) is 4.98 Å². The normalized spacial score (nSPS) is 12.5. The molecule has 0 saturated heterocycles. The molecule has 1 aromatic carbocycles. The number of halogens is 6. The molecule has 0 unspecified atom stereocenters. The van der Waals surface area contributed by atoms with Gasteiger partial charge in [-0.1, -0.05) is 11.3 Å². The van der Waals surface area contributed by atoms with E-state index in [2.05, 4.69) is 11.2 Å². The van der Waals surface area contributed by atoms with Gasteiger partial charge in [-0.15, -0.1) is 0 Å². The van der Waals surface area contributed by atoms with E-state index >= 15 is 0 Å². The van der Waals surface area contributed by atoms with Crippen LogP contribution in [0, 0.1) is 6.20 Å². The van der Waals surface area contributed by atoms with Gasteiger partial charge in [0.1, 0.15) is 11.9 Å². The van der Waals surface area contributed by atoms with Crippen molar-refractivity contribution in [2.45, 2.75) is 12.4 Å². The average molecular weight is 312 g/mol. The zero-order chi connectivity index (χ0) is 15.0. The third-order valence-corrected chi connectivity index (χ3v) is 2.73. The maximum atomic E-state index is 12.6. The van der Waals surface area contributed by atoms with Crippen molar-refractivity contribution in [2.24, 2.45) is 0 Å². The van der Waals surface area contributed by atoms with Crippen LogP contribution < -0.4 is 4.74 Å². The second-order valence-electron chi connectivity index (χ2n) is 3.59. The molecule has 0 aliphatic rings. The first-order chi connectivity index (χ1) is 9.16. The van der Waals surface area contributed by atoms with E-state index < -0.39 is 29.2 Å². The van der Waals surface area contributed by atoms with Crippen LogP contribution in [0.2, 0.25) is 0 Å². The molecule has 0 atom stereocenters. The molecule has 0 fully saturated rings. The van der Waals surface area contributed by atoms with Crippen molar-refractivity contribution in [2.75, 3.05) is 0 Å². The minimum absolute atomic E-state index is 0.0286. The molecule has 20 heavy (non-hydrogen) atoms. The van der Waals surface area contributed by atoms with E-state index in [1.165, 1.54) is 5.38 Å². The van der Waals surface area contributed by atoms with Crippen molar-refractivity contribution >= 4 is 11.3 Å². The summed E-state index contributed by atoms with van der Waals surface area (Å²) < 4.78 is 80.3. The van der Waals surface area contributed by atoms with E-state index in [0.717, 1.165) is 11.3 Å². The maximum absolute atomic E-state index is 12.6. The highest BCUT2D eigenvalue weighted by Crippen LogP contribution is 2.39. The molecule has 2 nitrogen and oxygen atoms in total. The minimum atomic E-state index is -4.91. The summed E-state index contributed by atoms with van der Waals surface area (Å²) >= 11 is 0.893. The van der Waals surface area contributed by atoms with E-state index in [-0.39, 0.29) is 11.3 Å². The molecule has 1 heterocycles. The smallest absolute Gasteiger partial charge is 0.416 e. The fraction of sp³-hybridized carbons (Fsp3) is 0.182. The molecule has 0 aliphatic carbocycles. The molecule has 9 heteroatoms. The molecule has 2 rings (SSSR count). The predicted molar refractivity (Wildman–Crippen MR) is 57.5 cm³/mol. The van der Waals surface area contributed by atoms with Crippen LogP contribution in [0.4, 0.5) is 26.3 Å². The highest BCUT2D eigenvalue weighted by atomic mass is 32.1. The number of benzene rings is 1. The van der Waals surface area contributed by atoms with Gasteiger partial charge < -0.3 is 4.74 Å². The second-order valence-corrected chi connectivity index (χ2v) is 4.41. The number of alkyl halides is 6. The Balaban J connectivity index is 2.46. The molecule has 0 amide bonds. The number of rotatable bonds is 2. The van der Waals surface area contributed by atoms with Crippen molar-refractivity contribution in [3.63, 3.8) is 0 Å². The standard InChI is InChI=1S/C11H4F6NOS/c12-10(13,14)6-3-7(11(15,16)17)5-8(4-6)19-9-18-1-2-20-9/h2-5H. The van der Waals surface area contributed by atoms with Crippen LogP contribution in [0.25, 0.3) is 0 Å². The van der Waals surface area contributed by atoms with Crippen LogP contribution in [0.5, 0.6) is 10.9 Å². The third kappa shape index (κ3) is 3.41. The first-order valence-corrected chi connectivity index (χ1v) is 5.83. The Hall–Kier alpha value is -1.77. The number of hydrogen-bond acceptors (Lipinski definition) is 3. The van der Waals surface area contributed by atoms with E-state index in [4.69, 9.17) is 4.74 Å². The Labute approximate surface area is 112 Å². The van der Waals surface area contributed by atoms with Crippen LogP contribution in [0.15, 0.2) is 23.6 Å². The molecule has 0 aliphatic heterocycles. The van der Waals surface area contributed by atoms with Crippen LogP contribution in [-0.4, -0.2) is 4.98 Å². The fourth-order valence-corrected chi connectivity index (χ4v) is 1.77. The molecule has 0 N–H and O–H groups in total. The molecular formula is C11H4F6NOS. The largest absolute Gasteiger partial charge is 0.431 e. The summed E-state index contributed by atoms with van der Waals surface area (Å²) in [6, 6.07) is 0.994. The predicted octanol–water partition coefficient (Wildman–Crippen LogP) is 4.77. The molecule has 107 valence electrons. The number of hydrogen-bond donors (Lipinski definition) is 0. The van der Waals surface area contributed by atoms with E-state index in [1.54, 1.807) is 0 Å². The van der Waals surface area contributed by atoms with Gasteiger partial charge >= 0.3 is 12.4 Å². The molecule has 0 spiro atoms. The molecule has 2 aromatic rings. The van der Waals surface area contributed by atoms with Crippen LogP contribution >= 0.6 is 11.3 Å². The monoisotopic (exact) mass is 312 g/mol. The summed E-state index contributed by atoms with van der Waals surface area (Å²) in [5.41, 5.74) is -2.88. The van der Waals surface area contributed by atoms with Gasteiger partial charge in [0.15, 0.2) is 0 Å². The number of aromatic nitrogens is 1. The van der Waals surface area contributed by atoms with Gasteiger partial charge in [-0.25, -0.2) is 4.98 Å². The van der Waals surface area contributed by atoms with Crippen LogP contribution in [0.1, 0.15) is 11.1 Å². The van der Waals surface area contributed by atoms with Crippen LogP contribution in [-0.2, 0) is 12.4 Å². The van der Waals surface area contributed by atoms with Crippen molar-refractivity contribution in [3.8, 4) is 10.9 Å². The highest BCUT2D eigenvalue weighted by molar-refractivity contribution is 7.11. The van der Waals surface area contributed by atoms with Crippen molar-refractivity contribution in [3.05, 3.63) is 40.9 Å². The number of nitrogens with zero attached hydrogens (tertiary/aromatic N) is 1. The Morgan fingerprint density at radius 3 is 1.90 bits per heavy atom. The second kappa shape index (κ2) is 4.97. The minimum Gasteiger partial charge on any atom is -0.431 e. The zero-order valence-corrected chi connectivity index (χ0v) is 10.2. The average Bonchev–Trinajstić information content (AvgIpc) is 2.79. The maximum Gasteiger partial charge on any atom is 0.416 e. The Morgan fingerprint density at radius 1 is 0.950 bits per heavy atom. The van der Waals surface area contributed by atoms with Gasteiger partial charge in [-0.3, -0.25) is 0 Å². The van der Waals surface area contributed by atoms with E-state index in [9.17, 15) is 26.3 Å². The topological polar surface area (TPSA) is 22.1 Å². The first-order valence-electron chi connectivity index (χ1n) is 4.95. The van der Waals surface area contributed by atoms with Gasteiger partial charge in [-0.05, 0) is 18.2 Å². The quantitative estimate of drug-likeness (QED) is 0.745. The summed E-state index contributed by atoms with van der Waals surface area (Å²) in [4.78, 5) is 3.50. The summed E-state index contributed by atoms with van der Waals surface area (Å²) in [7, 11) is 0. The van der Waals surface area contributed by atoms with E-state index in [1.807, 2.05) is 0 Å². The van der Waals surface area contributed by atoms with Gasteiger partial charge in [-0.2, -0.15) is 26.3 Å². The number of ether oxygens (including phenoxy) is 1. The summed E-state index contributed by atoms with van der Waals surface area (Å²) in [6.07, 6.45) is -7.48. The summed E-state index contributed by atoms with van der Waals surface area (Å²) in [6.45, 7) is 0. The van der Waals surface area contributed by atoms with Crippen LogP contribution in [0.3, 0.4) is 0 Å². The molecule has 1 radical (unpaired) electrons. The highest BCUT2D eigenvalue weighted by Gasteiger charge is 2.37. The summed E-state index contributed by atoms with van der Waals surface area (Å²) in [5, 5.41) is 1.26. The van der Waals surface area contributed by atoms with E-state index in [0.29, 0.717) is 12.1 Å². The lowest BCUT2D eigenvalue weighted by Gasteiger charge is -2.13. The van der Waals surface area contributed by atoms with Gasteiger partial charge in [0, 0.05) is 5.38 Å². The first kappa shape index (κ1) is 14.6. The van der Waals surface area contributed by atoms with Crippen molar-refractivity contribution < 1.29 is 31.1 Å².